The summed E-state index contributed by atoms with van der Waals surface area (Å²) in [5, 5.41) is 36.0. The molecule has 0 amide bonds. The van der Waals surface area contributed by atoms with Gasteiger partial charge in [-0.15, -0.1) is 11.8 Å². The smallest absolute Gasteiger partial charge is 0.321 e. The van der Waals surface area contributed by atoms with E-state index in [1.807, 2.05) is 24.3 Å². The largest absolute Gasteiger partial charge is 0.481 e. The highest BCUT2D eigenvalue weighted by Crippen LogP contribution is 2.21. The van der Waals surface area contributed by atoms with Crippen molar-refractivity contribution in [1.29, 1.82) is 0 Å². The zero-order valence-corrected chi connectivity index (χ0v) is 17.6. The molecular formula is C21H31NO7S. The zero-order valence-electron chi connectivity index (χ0n) is 16.8. The van der Waals surface area contributed by atoms with Crippen LogP contribution >= 0.6 is 11.8 Å². The van der Waals surface area contributed by atoms with Gasteiger partial charge < -0.3 is 26.2 Å². The Balaban J connectivity index is 4.56. The fourth-order valence-electron chi connectivity index (χ4n) is 2.17. The van der Waals surface area contributed by atoms with Gasteiger partial charge in [0.15, 0.2) is 0 Å². The monoisotopic (exact) mass is 441 g/mol. The Kier molecular flexibility index (Phi) is 16.1. The lowest BCUT2D eigenvalue weighted by Crippen LogP contribution is -2.34. The van der Waals surface area contributed by atoms with Gasteiger partial charge in [0.05, 0.1) is 6.10 Å². The number of carbonyl (C=O) groups is 3. The van der Waals surface area contributed by atoms with Crippen LogP contribution in [0.3, 0.4) is 0 Å². The molecule has 6 N–H and O–H groups in total. The van der Waals surface area contributed by atoms with E-state index in [1.165, 1.54) is 11.8 Å². The average molecular weight is 442 g/mol. The summed E-state index contributed by atoms with van der Waals surface area (Å²) in [4.78, 5) is 31.9. The zero-order chi connectivity index (χ0) is 22.8. The van der Waals surface area contributed by atoms with Crippen molar-refractivity contribution < 1.29 is 34.8 Å². The van der Waals surface area contributed by atoms with E-state index in [9.17, 15) is 19.5 Å². The lowest BCUT2D eigenvalue weighted by Gasteiger charge is -2.20. The molecule has 0 aliphatic carbocycles. The Morgan fingerprint density at radius 2 is 1.57 bits per heavy atom. The molecule has 3 atom stereocenters. The summed E-state index contributed by atoms with van der Waals surface area (Å²) < 4.78 is 0. The van der Waals surface area contributed by atoms with Gasteiger partial charge in [-0.1, -0.05) is 48.6 Å². The molecule has 0 heterocycles. The second kappa shape index (κ2) is 17.5. The highest BCUT2D eigenvalue weighted by molar-refractivity contribution is 8.00. The summed E-state index contributed by atoms with van der Waals surface area (Å²) in [5.41, 5.74) is 5.51. The van der Waals surface area contributed by atoms with Crippen molar-refractivity contribution in [2.75, 3.05) is 5.75 Å². The molecule has 0 bridgehead atoms. The number of hydrogen-bond donors (Lipinski definition) is 5. The highest BCUT2D eigenvalue weighted by Gasteiger charge is 2.20. The highest BCUT2D eigenvalue weighted by atomic mass is 32.2. The predicted octanol–water partition coefficient (Wildman–Crippen LogP) is 2.60. The fraction of sp³-hybridized carbons (Fsp3) is 0.476. The number of rotatable bonds is 17. The number of aliphatic carboxylic acids is 3. The van der Waals surface area contributed by atoms with Gasteiger partial charge in [-0.3, -0.25) is 14.4 Å². The molecular weight excluding hydrogens is 410 g/mol. The van der Waals surface area contributed by atoms with Crippen molar-refractivity contribution in [3.8, 4) is 0 Å². The normalized spacial score (nSPS) is 15.3. The van der Waals surface area contributed by atoms with Gasteiger partial charge in [0.2, 0.25) is 0 Å². The first-order valence-electron chi connectivity index (χ1n) is 9.60. The first kappa shape index (κ1) is 27.6. The van der Waals surface area contributed by atoms with Crippen LogP contribution in [0.15, 0.2) is 48.6 Å². The number of hydrogen-bond acceptors (Lipinski definition) is 6. The Labute approximate surface area is 180 Å². The minimum absolute atomic E-state index is 0.0394. The lowest BCUT2D eigenvalue weighted by molar-refractivity contribution is -0.138. The van der Waals surface area contributed by atoms with Gasteiger partial charge in [0, 0.05) is 23.8 Å². The minimum Gasteiger partial charge on any atom is -0.481 e. The minimum atomic E-state index is -1.12. The van der Waals surface area contributed by atoms with Crippen molar-refractivity contribution in [2.24, 2.45) is 5.73 Å². The van der Waals surface area contributed by atoms with E-state index in [2.05, 4.69) is 0 Å². The molecule has 0 unspecified atom stereocenters. The average Bonchev–Trinajstić information content (AvgIpc) is 2.67. The lowest BCUT2D eigenvalue weighted by atomic mass is 10.1. The van der Waals surface area contributed by atoms with Crippen LogP contribution in [0.1, 0.15) is 38.5 Å². The number of thioether (sulfide) groups is 1. The van der Waals surface area contributed by atoms with E-state index in [1.54, 1.807) is 24.3 Å². The van der Waals surface area contributed by atoms with Crippen molar-refractivity contribution in [3.05, 3.63) is 48.6 Å². The Hall–Kier alpha value is -2.36. The van der Waals surface area contributed by atoms with E-state index in [-0.39, 0.29) is 25.0 Å². The van der Waals surface area contributed by atoms with Gasteiger partial charge in [-0.2, -0.15) is 0 Å². The van der Waals surface area contributed by atoms with Crippen molar-refractivity contribution in [3.63, 3.8) is 0 Å². The van der Waals surface area contributed by atoms with Crippen molar-refractivity contribution in [1.82, 2.24) is 0 Å². The summed E-state index contributed by atoms with van der Waals surface area (Å²) in [7, 11) is 0. The van der Waals surface area contributed by atoms with Gasteiger partial charge in [-0.05, 0) is 25.7 Å². The molecule has 0 saturated heterocycles. The van der Waals surface area contributed by atoms with Gasteiger partial charge in [-0.25, -0.2) is 0 Å². The Morgan fingerprint density at radius 1 is 0.900 bits per heavy atom. The van der Waals surface area contributed by atoms with Crippen LogP contribution in [0.5, 0.6) is 0 Å². The van der Waals surface area contributed by atoms with Crippen LogP contribution in [0.2, 0.25) is 0 Å². The van der Waals surface area contributed by atoms with Gasteiger partial charge >= 0.3 is 17.9 Å². The van der Waals surface area contributed by atoms with Crippen LogP contribution in [-0.2, 0) is 14.4 Å². The number of allylic oxidation sites excluding steroid dienone is 7. The van der Waals surface area contributed by atoms with Gasteiger partial charge in [0.25, 0.3) is 0 Å². The van der Waals surface area contributed by atoms with E-state index in [0.717, 1.165) is 0 Å². The molecule has 0 rings (SSSR count). The molecule has 0 aromatic heterocycles. The summed E-state index contributed by atoms with van der Waals surface area (Å²) >= 11 is 1.21. The Morgan fingerprint density at radius 3 is 2.20 bits per heavy atom. The maximum Gasteiger partial charge on any atom is 0.321 e. The van der Waals surface area contributed by atoms with Gasteiger partial charge in [0.1, 0.15) is 6.04 Å². The maximum absolute atomic E-state index is 10.9. The maximum atomic E-state index is 10.9. The molecule has 0 aromatic carbocycles. The third kappa shape index (κ3) is 16.6. The number of aliphatic hydroxyl groups is 1. The standard InChI is InChI=1S/C21H31NO7S/c22-16(21(28)29)15-30-18(17(23)11-10-14-20(26)27)12-8-6-4-2-1-3-5-7-9-13-19(24)25/h1-2,4-8,12,16-18,23H,3,9-11,13-15,22H2,(H,24,25)(H,26,27)(H,28,29)/b2-1-,6-4+,7-5-,12-8+/t16-,17+,18-/m1/s1. The number of carboxylic acid groups (broad SMARTS) is 3. The summed E-state index contributed by atoms with van der Waals surface area (Å²) in [5.74, 6) is -2.75. The second-order valence-corrected chi connectivity index (χ2v) is 7.64. The SMILES string of the molecule is N[C@H](CS[C@H](/C=C/C=C/C=C\C/C=C\CCC(=O)O)[C@@H](O)CCCC(=O)O)C(=O)O. The topological polar surface area (TPSA) is 158 Å². The molecule has 8 nitrogen and oxygen atoms in total. The van der Waals surface area contributed by atoms with Crippen LogP contribution in [-0.4, -0.2) is 61.5 Å². The third-order valence-electron chi connectivity index (χ3n) is 3.79. The van der Waals surface area contributed by atoms with Crippen LogP contribution in [0, 0.1) is 0 Å². The predicted molar refractivity (Wildman–Crippen MR) is 117 cm³/mol. The first-order valence-corrected chi connectivity index (χ1v) is 10.7. The van der Waals surface area contributed by atoms with Crippen LogP contribution < -0.4 is 5.73 Å². The van der Waals surface area contributed by atoms with Crippen LogP contribution in [0.25, 0.3) is 0 Å². The number of carboxylic acids is 3. The second-order valence-electron chi connectivity index (χ2n) is 6.43. The fourth-order valence-corrected chi connectivity index (χ4v) is 3.30. The molecule has 0 aliphatic heterocycles. The van der Waals surface area contributed by atoms with E-state index in [0.29, 0.717) is 19.3 Å². The van der Waals surface area contributed by atoms with E-state index in [4.69, 9.17) is 21.1 Å². The first-order chi connectivity index (χ1) is 14.2. The number of aliphatic hydroxyl groups excluding tert-OH is 1. The van der Waals surface area contributed by atoms with Crippen molar-refractivity contribution in [2.45, 2.75) is 55.9 Å². The molecule has 0 fully saturated rings. The molecule has 0 radical (unpaired) electrons. The summed E-state index contributed by atoms with van der Waals surface area (Å²) in [6.07, 6.45) is 15.5. The molecule has 0 spiro atoms. The summed E-state index contributed by atoms with van der Waals surface area (Å²) in [6, 6.07) is -1.04. The van der Waals surface area contributed by atoms with E-state index < -0.39 is 35.3 Å². The number of nitrogens with two attached hydrogens (primary N) is 1. The molecule has 168 valence electrons. The Bertz CT molecular complexity index is 643. The molecule has 9 heteroatoms. The summed E-state index contributed by atoms with van der Waals surface area (Å²) in [6.45, 7) is 0. The van der Waals surface area contributed by atoms with Crippen molar-refractivity contribution >= 4 is 29.7 Å². The third-order valence-corrected chi connectivity index (χ3v) is 5.20. The quantitative estimate of drug-likeness (QED) is 0.169. The molecule has 0 aliphatic rings. The van der Waals surface area contributed by atoms with E-state index >= 15 is 0 Å². The molecule has 0 saturated carbocycles. The van der Waals surface area contributed by atoms with Crippen LogP contribution in [0.4, 0.5) is 0 Å². The molecule has 0 aromatic rings. The molecule has 30 heavy (non-hydrogen) atoms.